The molecule has 0 aliphatic carbocycles. The van der Waals surface area contributed by atoms with Gasteiger partial charge in [0.15, 0.2) is 11.0 Å². The van der Waals surface area contributed by atoms with E-state index in [2.05, 4.69) is 10.2 Å². The van der Waals surface area contributed by atoms with Crippen molar-refractivity contribution in [1.82, 2.24) is 19.7 Å². The van der Waals surface area contributed by atoms with E-state index < -0.39 is 0 Å². The van der Waals surface area contributed by atoms with E-state index in [1.165, 1.54) is 11.8 Å². The van der Waals surface area contributed by atoms with Crippen LogP contribution in [0.5, 0.6) is 0 Å². The number of ether oxygens (including phenoxy) is 1. The molecule has 1 aromatic carbocycles. The van der Waals surface area contributed by atoms with Gasteiger partial charge in [0.1, 0.15) is 0 Å². The van der Waals surface area contributed by atoms with Gasteiger partial charge in [0.05, 0.1) is 18.0 Å². The molecule has 2 atom stereocenters. The van der Waals surface area contributed by atoms with Crippen LogP contribution in [0.15, 0.2) is 29.4 Å². The summed E-state index contributed by atoms with van der Waals surface area (Å²) in [5, 5.41) is 10.0. The van der Waals surface area contributed by atoms with Gasteiger partial charge in [0.25, 0.3) is 0 Å². The Labute approximate surface area is 162 Å². The molecule has 0 spiro atoms. The van der Waals surface area contributed by atoms with Crippen molar-refractivity contribution in [3.8, 4) is 11.4 Å². The third-order valence-corrected chi connectivity index (χ3v) is 5.44. The molecule has 0 bridgehead atoms. The summed E-state index contributed by atoms with van der Waals surface area (Å²) in [6.45, 7) is 8.04. The number of thioether (sulfide) groups is 1. The molecule has 1 aromatic heterocycles. The molecule has 1 aliphatic rings. The van der Waals surface area contributed by atoms with Crippen LogP contribution in [0.4, 0.5) is 0 Å². The van der Waals surface area contributed by atoms with E-state index in [1.807, 2.05) is 54.5 Å². The number of halogens is 1. The minimum atomic E-state index is 0.0727. The summed E-state index contributed by atoms with van der Waals surface area (Å²) in [5.41, 5.74) is 0.956. The number of amides is 1. The molecule has 8 heteroatoms. The Kier molecular flexibility index (Phi) is 6.21. The lowest BCUT2D eigenvalue weighted by molar-refractivity contribution is -0.140. The van der Waals surface area contributed by atoms with Crippen molar-refractivity contribution in [3.05, 3.63) is 29.3 Å². The fraction of sp³-hybridized carbons (Fsp3) is 0.500. The maximum Gasteiger partial charge on any atom is 0.233 e. The molecule has 0 radical (unpaired) electrons. The van der Waals surface area contributed by atoms with Crippen LogP contribution in [0.25, 0.3) is 11.4 Å². The van der Waals surface area contributed by atoms with Gasteiger partial charge in [-0.2, -0.15) is 0 Å². The highest BCUT2D eigenvalue weighted by Crippen LogP contribution is 2.25. The van der Waals surface area contributed by atoms with Crippen molar-refractivity contribution in [2.45, 2.75) is 44.7 Å². The second-order valence-corrected chi connectivity index (χ2v) is 7.78. The monoisotopic (exact) mass is 394 g/mol. The van der Waals surface area contributed by atoms with Gasteiger partial charge in [0, 0.05) is 30.2 Å². The third-order valence-electron chi connectivity index (χ3n) is 4.23. The third kappa shape index (κ3) is 4.39. The normalized spacial score (nSPS) is 20.4. The number of morpholine rings is 1. The summed E-state index contributed by atoms with van der Waals surface area (Å²) in [6, 6.07) is 7.52. The topological polar surface area (TPSA) is 60.2 Å². The highest BCUT2D eigenvalue weighted by atomic mass is 35.5. The first kappa shape index (κ1) is 19.2. The van der Waals surface area contributed by atoms with E-state index >= 15 is 0 Å². The van der Waals surface area contributed by atoms with Gasteiger partial charge in [-0.25, -0.2) is 0 Å². The first-order valence-corrected chi connectivity index (χ1v) is 10.1. The van der Waals surface area contributed by atoms with Crippen molar-refractivity contribution >= 4 is 29.3 Å². The number of hydrogen-bond donors (Lipinski definition) is 0. The van der Waals surface area contributed by atoms with E-state index in [0.29, 0.717) is 23.9 Å². The second kappa shape index (κ2) is 8.41. The number of benzene rings is 1. The largest absolute Gasteiger partial charge is 0.372 e. The standard InChI is InChI=1S/C18H23ClN4O2S/c1-4-23-17(14-5-7-15(19)8-6-14)20-21-18(23)26-11-16(24)22-9-12(2)25-13(3)10-22/h5-8,12-13H,4,9-11H2,1-3H3/t12-,13-/m1/s1. The van der Waals surface area contributed by atoms with Crippen LogP contribution in [0.2, 0.25) is 5.02 Å². The molecule has 1 fully saturated rings. The molecule has 3 rings (SSSR count). The van der Waals surface area contributed by atoms with Gasteiger partial charge in [0.2, 0.25) is 5.91 Å². The van der Waals surface area contributed by atoms with Crippen molar-refractivity contribution < 1.29 is 9.53 Å². The molecule has 2 heterocycles. The van der Waals surface area contributed by atoms with Crippen molar-refractivity contribution in [2.24, 2.45) is 0 Å². The summed E-state index contributed by atoms with van der Waals surface area (Å²) in [6.07, 6.45) is 0.145. The summed E-state index contributed by atoms with van der Waals surface area (Å²) in [7, 11) is 0. The number of rotatable bonds is 5. The summed E-state index contributed by atoms with van der Waals surface area (Å²) < 4.78 is 7.71. The zero-order valence-electron chi connectivity index (χ0n) is 15.2. The molecule has 2 aromatic rings. The van der Waals surface area contributed by atoms with Crippen LogP contribution >= 0.6 is 23.4 Å². The minimum absolute atomic E-state index is 0.0727. The van der Waals surface area contributed by atoms with Crippen LogP contribution < -0.4 is 0 Å². The number of aromatic nitrogens is 3. The minimum Gasteiger partial charge on any atom is -0.372 e. The molecule has 26 heavy (non-hydrogen) atoms. The van der Waals surface area contributed by atoms with Crippen LogP contribution in [-0.4, -0.2) is 56.6 Å². The quantitative estimate of drug-likeness (QED) is 0.728. The number of carbonyl (C=O) groups excluding carboxylic acids is 1. The first-order valence-electron chi connectivity index (χ1n) is 8.73. The SMILES string of the molecule is CCn1c(SCC(=O)N2C[C@@H](C)O[C@H](C)C2)nnc1-c1ccc(Cl)cc1. The Morgan fingerprint density at radius 3 is 2.50 bits per heavy atom. The lowest BCUT2D eigenvalue weighted by atomic mass is 10.2. The van der Waals surface area contributed by atoms with Crippen LogP contribution in [-0.2, 0) is 16.1 Å². The van der Waals surface area contributed by atoms with Crippen LogP contribution in [0.1, 0.15) is 20.8 Å². The van der Waals surface area contributed by atoms with Crippen LogP contribution in [0.3, 0.4) is 0 Å². The number of carbonyl (C=O) groups is 1. The van der Waals surface area contributed by atoms with Gasteiger partial charge in [-0.15, -0.1) is 10.2 Å². The zero-order valence-corrected chi connectivity index (χ0v) is 16.8. The Bertz CT molecular complexity index is 755. The number of hydrogen-bond acceptors (Lipinski definition) is 5. The van der Waals surface area contributed by atoms with E-state index in [0.717, 1.165) is 23.1 Å². The predicted molar refractivity (Wildman–Crippen MR) is 103 cm³/mol. The fourth-order valence-corrected chi connectivity index (χ4v) is 4.12. The van der Waals surface area contributed by atoms with Gasteiger partial charge >= 0.3 is 0 Å². The molecule has 0 saturated carbocycles. The van der Waals surface area contributed by atoms with Gasteiger partial charge < -0.3 is 14.2 Å². The van der Waals surface area contributed by atoms with Gasteiger partial charge in [-0.3, -0.25) is 4.79 Å². The highest BCUT2D eigenvalue weighted by molar-refractivity contribution is 7.99. The highest BCUT2D eigenvalue weighted by Gasteiger charge is 2.26. The lowest BCUT2D eigenvalue weighted by Crippen LogP contribution is -2.48. The van der Waals surface area contributed by atoms with E-state index in [1.54, 1.807) is 0 Å². The Morgan fingerprint density at radius 1 is 1.23 bits per heavy atom. The van der Waals surface area contributed by atoms with Crippen molar-refractivity contribution in [1.29, 1.82) is 0 Å². The predicted octanol–water partition coefficient (Wildman–Crippen LogP) is 3.35. The van der Waals surface area contributed by atoms with Crippen LogP contribution in [0, 0.1) is 0 Å². The Hall–Kier alpha value is -1.57. The Balaban J connectivity index is 1.68. The molecule has 1 saturated heterocycles. The molecular weight excluding hydrogens is 372 g/mol. The van der Waals surface area contributed by atoms with E-state index in [9.17, 15) is 4.79 Å². The smallest absolute Gasteiger partial charge is 0.233 e. The average Bonchev–Trinajstić information content (AvgIpc) is 3.02. The summed E-state index contributed by atoms with van der Waals surface area (Å²) >= 11 is 7.38. The summed E-state index contributed by atoms with van der Waals surface area (Å²) in [4.78, 5) is 14.4. The fourth-order valence-electron chi connectivity index (χ4n) is 3.09. The van der Waals surface area contributed by atoms with Gasteiger partial charge in [-0.1, -0.05) is 23.4 Å². The zero-order chi connectivity index (χ0) is 18.7. The first-order chi connectivity index (χ1) is 12.5. The van der Waals surface area contributed by atoms with E-state index in [-0.39, 0.29) is 18.1 Å². The Morgan fingerprint density at radius 2 is 1.88 bits per heavy atom. The van der Waals surface area contributed by atoms with Crippen molar-refractivity contribution in [2.75, 3.05) is 18.8 Å². The number of nitrogens with zero attached hydrogens (tertiary/aromatic N) is 4. The molecule has 6 nitrogen and oxygen atoms in total. The molecule has 1 aliphatic heterocycles. The maximum absolute atomic E-state index is 12.6. The van der Waals surface area contributed by atoms with Gasteiger partial charge in [-0.05, 0) is 45.0 Å². The van der Waals surface area contributed by atoms with Crippen molar-refractivity contribution in [3.63, 3.8) is 0 Å². The molecule has 0 N–H and O–H groups in total. The maximum atomic E-state index is 12.6. The molecule has 1 amide bonds. The molecule has 0 unspecified atom stereocenters. The van der Waals surface area contributed by atoms with E-state index in [4.69, 9.17) is 16.3 Å². The average molecular weight is 395 g/mol. The lowest BCUT2D eigenvalue weighted by Gasteiger charge is -2.35. The molecule has 140 valence electrons. The second-order valence-electron chi connectivity index (χ2n) is 6.40. The summed E-state index contributed by atoms with van der Waals surface area (Å²) in [5.74, 6) is 1.24. The molecular formula is C18H23ClN4O2S.